The van der Waals surface area contributed by atoms with Gasteiger partial charge < -0.3 is 15.0 Å². The summed E-state index contributed by atoms with van der Waals surface area (Å²) in [4.78, 5) is 1.90. The Hall–Kier alpha value is -1.49. The number of aryl methyl sites for hydroxylation is 1. The average molecular weight is 369 g/mol. The van der Waals surface area contributed by atoms with Crippen molar-refractivity contribution >= 4 is 46.2 Å². The van der Waals surface area contributed by atoms with Gasteiger partial charge in [-0.25, -0.2) is 0 Å². The number of para-hydroxylation sites is 1. The third-order valence-corrected chi connectivity index (χ3v) is 4.42. The number of hydrogen-bond acceptors (Lipinski definition) is 2. The van der Waals surface area contributed by atoms with Crippen LogP contribution in [0.5, 0.6) is 5.75 Å². The van der Waals surface area contributed by atoms with E-state index in [1.165, 1.54) is 0 Å². The molecule has 122 valence electrons. The van der Waals surface area contributed by atoms with Crippen LogP contribution in [0, 0.1) is 6.92 Å². The molecule has 0 atom stereocenters. The van der Waals surface area contributed by atoms with Crippen molar-refractivity contribution in [2.75, 3.05) is 25.5 Å². The largest absolute Gasteiger partial charge is 0.490 e. The van der Waals surface area contributed by atoms with Crippen molar-refractivity contribution in [3.05, 3.63) is 58.1 Å². The maximum Gasteiger partial charge on any atom is 0.173 e. The van der Waals surface area contributed by atoms with Crippen LogP contribution in [0.15, 0.2) is 42.5 Å². The zero-order valence-electron chi connectivity index (χ0n) is 13.0. The minimum absolute atomic E-state index is 0.483. The van der Waals surface area contributed by atoms with E-state index in [9.17, 15) is 0 Å². The van der Waals surface area contributed by atoms with Gasteiger partial charge in [-0.15, -0.1) is 0 Å². The molecular formula is C17H18Cl2N2OS. The fourth-order valence-corrected chi connectivity index (χ4v) is 2.43. The Labute approximate surface area is 152 Å². The van der Waals surface area contributed by atoms with Crippen LogP contribution < -0.4 is 10.1 Å². The molecule has 0 saturated heterocycles. The number of likely N-dealkylation sites (N-methyl/N-ethyl adjacent to an activating group) is 1. The van der Waals surface area contributed by atoms with E-state index in [2.05, 4.69) is 5.32 Å². The van der Waals surface area contributed by atoms with Crippen molar-refractivity contribution in [1.82, 2.24) is 4.90 Å². The normalized spacial score (nSPS) is 10.3. The quantitative estimate of drug-likeness (QED) is 0.749. The van der Waals surface area contributed by atoms with Gasteiger partial charge in [0.05, 0.1) is 11.6 Å². The van der Waals surface area contributed by atoms with E-state index in [0.717, 1.165) is 11.3 Å². The lowest BCUT2D eigenvalue weighted by atomic mass is 10.2. The Morgan fingerprint density at radius 2 is 1.91 bits per heavy atom. The average Bonchev–Trinajstić information content (AvgIpc) is 2.52. The molecule has 0 bridgehead atoms. The van der Waals surface area contributed by atoms with Crippen LogP contribution in [0.25, 0.3) is 0 Å². The number of rotatable bonds is 5. The van der Waals surface area contributed by atoms with Gasteiger partial charge in [0.25, 0.3) is 0 Å². The topological polar surface area (TPSA) is 24.5 Å². The van der Waals surface area contributed by atoms with Crippen LogP contribution in [0.4, 0.5) is 5.69 Å². The minimum atomic E-state index is 0.483. The first-order valence-corrected chi connectivity index (χ1v) is 8.29. The predicted octanol–water partition coefficient (Wildman–Crippen LogP) is 5.01. The molecule has 6 heteroatoms. The van der Waals surface area contributed by atoms with Crippen LogP contribution in [0.3, 0.4) is 0 Å². The van der Waals surface area contributed by atoms with Crippen LogP contribution >= 0.6 is 35.4 Å². The smallest absolute Gasteiger partial charge is 0.173 e. The van der Waals surface area contributed by atoms with Crippen LogP contribution in [0.1, 0.15) is 5.56 Å². The number of nitrogens with zero attached hydrogens (tertiary/aromatic N) is 1. The molecule has 0 aromatic heterocycles. The Morgan fingerprint density at radius 1 is 1.17 bits per heavy atom. The van der Waals surface area contributed by atoms with E-state index in [1.54, 1.807) is 6.07 Å². The molecule has 3 nitrogen and oxygen atoms in total. The second kappa shape index (κ2) is 8.39. The zero-order chi connectivity index (χ0) is 16.8. The lowest BCUT2D eigenvalue weighted by Gasteiger charge is -2.21. The van der Waals surface area contributed by atoms with Gasteiger partial charge in [-0.05, 0) is 49.0 Å². The molecule has 0 fully saturated rings. The molecular weight excluding hydrogens is 351 g/mol. The molecule has 0 aliphatic carbocycles. The highest BCUT2D eigenvalue weighted by atomic mass is 35.5. The van der Waals surface area contributed by atoms with Gasteiger partial charge in [-0.1, -0.05) is 41.4 Å². The number of halogens is 2. The number of anilines is 1. The Balaban J connectivity index is 1.83. The zero-order valence-corrected chi connectivity index (χ0v) is 15.3. The highest BCUT2D eigenvalue weighted by Crippen LogP contribution is 2.23. The molecule has 0 radical (unpaired) electrons. The maximum absolute atomic E-state index is 6.11. The van der Waals surface area contributed by atoms with Crippen molar-refractivity contribution in [2.24, 2.45) is 0 Å². The van der Waals surface area contributed by atoms with Crippen molar-refractivity contribution in [3.8, 4) is 5.75 Å². The maximum atomic E-state index is 6.11. The van der Waals surface area contributed by atoms with E-state index in [0.29, 0.717) is 34.1 Å². The van der Waals surface area contributed by atoms with Crippen molar-refractivity contribution in [1.29, 1.82) is 0 Å². The summed E-state index contributed by atoms with van der Waals surface area (Å²) in [5.41, 5.74) is 1.90. The lowest BCUT2D eigenvalue weighted by molar-refractivity contribution is 0.285. The first kappa shape index (κ1) is 17.9. The van der Waals surface area contributed by atoms with Crippen LogP contribution in [-0.2, 0) is 0 Å². The fourth-order valence-electron chi connectivity index (χ4n) is 1.85. The summed E-state index contributed by atoms with van der Waals surface area (Å²) in [6.07, 6.45) is 0. The van der Waals surface area contributed by atoms with Gasteiger partial charge in [0.2, 0.25) is 0 Å². The molecule has 0 amide bonds. The molecule has 0 saturated carbocycles. The van der Waals surface area contributed by atoms with Crippen molar-refractivity contribution in [2.45, 2.75) is 6.92 Å². The molecule has 0 spiro atoms. The first-order chi connectivity index (χ1) is 11.0. The molecule has 0 unspecified atom stereocenters. The second-order valence-electron chi connectivity index (χ2n) is 5.09. The standard InChI is InChI=1S/C17H18Cl2N2OS/c1-12-7-8-13(11-15(12)19)20-17(23)21(2)9-10-22-16-6-4-3-5-14(16)18/h3-8,11H,9-10H2,1-2H3,(H,20,23). The number of ether oxygens (including phenoxy) is 1. The second-order valence-corrected chi connectivity index (χ2v) is 6.30. The van der Waals surface area contributed by atoms with E-state index in [4.69, 9.17) is 40.2 Å². The van der Waals surface area contributed by atoms with E-state index < -0.39 is 0 Å². The molecule has 2 rings (SSSR count). The molecule has 0 heterocycles. The Bertz CT molecular complexity index is 694. The van der Waals surface area contributed by atoms with Crippen molar-refractivity contribution in [3.63, 3.8) is 0 Å². The molecule has 0 aliphatic heterocycles. The third kappa shape index (κ3) is 5.27. The molecule has 1 N–H and O–H groups in total. The van der Waals surface area contributed by atoms with Crippen LogP contribution in [-0.4, -0.2) is 30.2 Å². The summed E-state index contributed by atoms with van der Waals surface area (Å²) in [5.74, 6) is 0.673. The van der Waals surface area contributed by atoms with Crippen molar-refractivity contribution < 1.29 is 4.74 Å². The predicted molar refractivity (Wildman–Crippen MR) is 102 cm³/mol. The number of benzene rings is 2. The minimum Gasteiger partial charge on any atom is -0.490 e. The molecule has 23 heavy (non-hydrogen) atoms. The summed E-state index contributed by atoms with van der Waals surface area (Å²) >= 11 is 17.5. The fraction of sp³-hybridized carbons (Fsp3) is 0.235. The Morgan fingerprint density at radius 3 is 2.61 bits per heavy atom. The molecule has 2 aromatic carbocycles. The Kier molecular flexibility index (Phi) is 6.51. The number of thiocarbonyl (C=S) groups is 1. The molecule has 2 aromatic rings. The van der Waals surface area contributed by atoms with Gasteiger partial charge in [0, 0.05) is 17.8 Å². The summed E-state index contributed by atoms with van der Waals surface area (Å²) in [5, 5.41) is 5.08. The highest BCUT2D eigenvalue weighted by molar-refractivity contribution is 7.80. The highest BCUT2D eigenvalue weighted by Gasteiger charge is 2.07. The summed E-state index contributed by atoms with van der Waals surface area (Å²) in [6.45, 7) is 3.08. The lowest BCUT2D eigenvalue weighted by Crippen LogP contribution is -2.34. The molecule has 0 aliphatic rings. The first-order valence-electron chi connectivity index (χ1n) is 7.13. The van der Waals surface area contributed by atoms with Gasteiger partial charge in [0.15, 0.2) is 5.11 Å². The van der Waals surface area contributed by atoms with E-state index >= 15 is 0 Å². The van der Waals surface area contributed by atoms with Gasteiger partial charge in [-0.3, -0.25) is 0 Å². The monoisotopic (exact) mass is 368 g/mol. The summed E-state index contributed by atoms with van der Waals surface area (Å²) < 4.78 is 5.66. The van der Waals surface area contributed by atoms with E-state index in [-0.39, 0.29) is 0 Å². The number of nitrogens with one attached hydrogen (secondary N) is 1. The number of hydrogen-bond donors (Lipinski definition) is 1. The van der Waals surface area contributed by atoms with E-state index in [1.807, 2.05) is 55.3 Å². The summed E-state index contributed by atoms with van der Waals surface area (Å²) in [7, 11) is 1.90. The van der Waals surface area contributed by atoms with Gasteiger partial charge >= 0.3 is 0 Å². The van der Waals surface area contributed by atoms with Gasteiger partial charge in [-0.2, -0.15) is 0 Å². The van der Waals surface area contributed by atoms with Crippen LogP contribution in [0.2, 0.25) is 10.0 Å². The SMILES string of the molecule is Cc1ccc(NC(=S)N(C)CCOc2ccccc2Cl)cc1Cl. The third-order valence-electron chi connectivity index (χ3n) is 3.29. The van der Waals surface area contributed by atoms with Gasteiger partial charge in [0.1, 0.15) is 12.4 Å². The summed E-state index contributed by atoms with van der Waals surface area (Å²) in [6, 6.07) is 13.2.